The second-order valence-electron chi connectivity index (χ2n) is 3.57. The standard InChI is InChI=1S/C8H14ClN3S/c1-6(2)8(3,4-9)11-7-12-10-5-13-7/h5-6H,4H2,1-3H3,(H,11,12). The third-order valence-corrected chi connectivity index (χ3v) is 3.47. The predicted octanol–water partition coefficient (Wildman–Crippen LogP) is 2.60. The molecule has 5 heteroatoms. The van der Waals surface area contributed by atoms with Crippen molar-refractivity contribution in [2.24, 2.45) is 5.92 Å². The number of rotatable bonds is 4. The molecule has 0 saturated carbocycles. The van der Waals surface area contributed by atoms with E-state index in [-0.39, 0.29) is 5.54 Å². The molecule has 1 unspecified atom stereocenters. The van der Waals surface area contributed by atoms with Gasteiger partial charge in [-0.25, -0.2) is 0 Å². The normalized spacial score (nSPS) is 15.8. The molecule has 0 amide bonds. The van der Waals surface area contributed by atoms with Gasteiger partial charge in [0.15, 0.2) is 0 Å². The molecule has 1 atom stereocenters. The van der Waals surface area contributed by atoms with Crippen molar-refractivity contribution in [2.45, 2.75) is 26.3 Å². The van der Waals surface area contributed by atoms with Gasteiger partial charge in [-0.2, -0.15) is 0 Å². The number of nitrogens with zero attached hydrogens (tertiary/aromatic N) is 2. The van der Waals surface area contributed by atoms with E-state index in [9.17, 15) is 0 Å². The molecule has 0 aliphatic heterocycles. The van der Waals surface area contributed by atoms with Crippen LogP contribution in [0.4, 0.5) is 5.13 Å². The number of nitrogens with one attached hydrogen (secondary N) is 1. The summed E-state index contributed by atoms with van der Waals surface area (Å²) < 4.78 is 0. The van der Waals surface area contributed by atoms with Crippen LogP contribution in [0.5, 0.6) is 0 Å². The third kappa shape index (κ3) is 2.54. The van der Waals surface area contributed by atoms with Gasteiger partial charge in [-0.15, -0.1) is 21.8 Å². The van der Waals surface area contributed by atoms with Crippen LogP contribution in [-0.4, -0.2) is 21.6 Å². The van der Waals surface area contributed by atoms with Crippen LogP contribution >= 0.6 is 22.9 Å². The van der Waals surface area contributed by atoms with E-state index in [4.69, 9.17) is 11.6 Å². The highest BCUT2D eigenvalue weighted by Gasteiger charge is 2.27. The van der Waals surface area contributed by atoms with Gasteiger partial charge in [0.1, 0.15) is 5.51 Å². The Hall–Kier alpha value is -0.350. The molecule has 3 nitrogen and oxygen atoms in total. The van der Waals surface area contributed by atoms with E-state index in [0.717, 1.165) is 5.13 Å². The van der Waals surface area contributed by atoms with Gasteiger partial charge in [-0.05, 0) is 12.8 Å². The van der Waals surface area contributed by atoms with Gasteiger partial charge in [0, 0.05) is 5.88 Å². The molecule has 0 aliphatic rings. The van der Waals surface area contributed by atoms with Crippen LogP contribution in [0.25, 0.3) is 0 Å². The highest BCUT2D eigenvalue weighted by atomic mass is 35.5. The highest BCUT2D eigenvalue weighted by Crippen LogP contribution is 2.24. The van der Waals surface area contributed by atoms with Crippen molar-refractivity contribution in [1.82, 2.24) is 10.2 Å². The first-order chi connectivity index (χ1) is 6.08. The van der Waals surface area contributed by atoms with Gasteiger partial charge < -0.3 is 5.32 Å². The van der Waals surface area contributed by atoms with E-state index in [1.165, 1.54) is 11.3 Å². The predicted molar refractivity (Wildman–Crippen MR) is 57.5 cm³/mol. The molecule has 0 bridgehead atoms. The van der Waals surface area contributed by atoms with Gasteiger partial charge in [0.25, 0.3) is 0 Å². The lowest BCUT2D eigenvalue weighted by Crippen LogP contribution is -2.42. The summed E-state index contributed by atoms with van der Waals surface area (Å²) in [5.74, 6) is 1.01. The molecule has 1 rings (SSSR count). The number of halogens is 1. The molecule has 1 heterocycles. The number of alkyl halides is 1. The Labute approximate surface area is 87.5 Å². The van der Waals surface area contributed by atoms with Crippen molar-refractivity contribution in [1.29, 1.82) is 0 Å². The summed E-state index contributed by atoms with van der Waals surface area (Å²) in [6, 6.07) is 0. The van der Waals surface area contributed by atoms with Crippen LogP contribution in [0.3, 0.4) is 0 Å². The van der Waals surface area contributed by atoms with E-state index in [1.807, 2.05) is 0 Å². The van der Waals surface area contributed by atoms with E-state index in [2.05, 4.69) is 36.3 Å². The number of aromatic nitrogens is 2. The molecule has 0 saturated heterocycles. The number of hydrogen-bond acceptors (Lipinski definition) is 4. The number of anilines is 1. The van der Waals surface area contributed by atoms with Crippen molar-refractivity contribution in [3.05, 3.63) is 5.51 Å². The minimum Gasteiger partial charge on any atom is -0.353 e. The van der Waals surface area contributed by atoms with Gasteiger partial charge in [-0.1, -0.05) is 25.2 Å². The largest absolute Gasteiger partial charge is 0.353 e. The lowest BCUT2D eigenvalue weighted by atomic mass is 9.91. The molecule has 74 valence electrons. The zero-order valence-corrected chi connectivity index (χ0v) is 9.61. The van der Waals surface area contributed by atoms with Crippen molar-refractivity contribution in [3.63, 3.8) is 0 Å². The zero-order valence-electron chi connectivity index (χ0n) is 8.04. The maximum atomic E-state index is 5.91. The second-order valence-corrected chi connectivity index (χ2v) is 4.68. The summed E-state index contributed by atoms with van der Waals surface area (Å²) >= 11 is 7.41. The number of hydrogen-bond donors (Lipinski definition) is 1. The third-order valence-electron chi connectivity index (χ3n) is 2.30. The molecule has 0 radical (unpaired) electrons. The fraction of sp³-hybridized carbons (Fsp3) is 0.750. The van der Waals surface area contributed by atoms with E-state index < -0.39 is 0 Å². The SMILES string of the molecule is CC(C)C(C)(CCl)Nc1nncs1. The highest BCUT2D eigenvalue weighted by molar-refractivity contribution is 7.13. The Morgan fingerprint density at radius 1 is 1.69 bits per heavy atom. The molecule has 1 aromatic heterocycles. The lowest BCUT2D eigenvalue weighted by molar-refractivity contribution is 0.412. The molecular weight excluding hydrogens is 206 g/mol. The summed E-state index contributed by atoms with van der Waals surface area (Å²) in [6.45, 7) is 6.36. The van der Waals surface area contributed by atoms with E-state index in [0.29, 0.717) is 11.8 Å². The molecular formula is C8H14ClN3S. The van der Waals surface area contributed by atoms with Crippen LogP contribution < -0.4 is 5.32 Å². The molecule has 0 aromatic carbocycles. The Morgan fingerprint density at radius 2 is 2.38 bits per heavy atom. The second kappa shape index (κ2) is 4.24. The van der Waals surface area contributed by atoms with Crippen LogP contribution in [0.2, 0.25) is 0 Å². The fourth-order valence-corrected chi connectivity index (χ4v) is 1.76. The first-order valence-corrected chi connectivity index (χ1v) is 5.60. The first kappa shape index (κ1) is 10.7. The van der Waals surface area contributed by atoms with Gasteiger partial charge in [-0.3, -0.25) is 0 Å². The average Bonchev–Trinajstić information content (AvgIpc) is 2.56. The van der Waals surface area contributed by atoms with Gasteiger partial charge in [0.05, 0.1) is 5.54 Å². The van der Waals surface area contributed by atoms with Crippen LogP contribution in [-0.2, 0) is 0 Å². The fourth-order valence-electron chi connectivity index (χ4n) is 0.804. The maximum Gasteiger partial charge on any atom is 0.205 e. The topological polar surface area (TPSA) is 37.8 Å². The quantitative estimate of drug-likeness (QED) is 0.792. The van der Waals surface area contributed by atoms with Crippen molar-refractivity contribution in [3.8, 4) is 0 Å². The minimum atomic E-state index is -0.110. The summed E-state index contributed by atoms with van der Waals surface area (Å²) in [4.78, 5) is 0. The maximum absolute atomic E-state index is 5.91. The van der Waals surface area contributed by atoms with Crippen LogP contribution in [0, 0.1) is 5.92 Å². The van der Waals surface area contributed by atoms with Crippen molar-refractivity contribution >= 4 is 28.1 Å². The molecule has 0 fully saturated rings. The Balaban J connectivity index is 2.69. The Bertz CT molecular complexity index is 250. The monoisotopic (exact) mass is 219 g/mol. The molecule has 1 aromatic rings. The lowest BCUT2D eigenvalue weighted by Gasteiger charge is -2.32. The van der Waals surface area contributed by atoms with E-state index >= 15 is 0 Å². The van der Waals surface area contributed by atoms with Crippen molar-refractivity contribution < 1.29 is 0 Å². The average molecular weight is 220 g/mol. The van der Waals surface area contributed by atoms with E-state index in [1.54, 1.807) is 5.51 Å². The summed E-state index contributed by atoms with van der Waals surface area (Å²) in [6.07, 6.45) is 0. The molecule has 1 N–H and O–H groups in total. The van der Waals surface area contributed by atoms with Crippen LogP contribution in [0.1, 0.15) is 20.8 Å². The zero-order chi connectivity index (χ0) is 9.90. The van der Waals surface area contributed by atoms with Gasteiger partial charge >= 0.3 is 0 Å². The summed E-state index contributed by atoms with van der Waals surface area (Å²) in [5.41, 5.74) is 1.60. The molecule has 13 heavy (non-hydrogen) atoms. The minimum absolute atomic E-state index is 0.110. The summed E-state index contributed by atoms with van der Waals surface area (Å²) in [7, 11) is 0. The Kier molecular flexibility index (Phi) is 3.50. The molecule has 0 aliphatic carbocycles. The Morgan fingerprint density at radius 3 is 2.77 bits per heavy atom. The smallest absolute Gasteiger partial charge is 0.205 e. The summed E-state index contributed by atoms with van der Waals surface area (Å²) in [5, 5.41) is 11.8. The van der Waals surface area contributed by atoms with Gasteiger partial charge in [0.2, 0.25) is 5.13 Å². The molecule has 0 spiro atoms. The van der Waals surface area contributed by atoms with Crippen molar-refractivity contribution in [2.75, 3.05) is 11.2 Å². The van der Waals surface area contributed by atoms with Crippen LogP contribution in [0.15, 0.2) is 5.51 Å². The first-order valence-electron chi connectivity index (χ1n) is 4.19.